The highest BCUT2D eigenvalue weighted by Gasteiger charge is 2.20. The molecule has 0 saturated heterocycles. The Balaban J connectivity index is 1.84. The second-order valence-electron chi connectivity index (χ2n) is 4.86. The highest BCUT2D eigenvalue weighted by Crippen LogP contribution is 2.29. The first kappa shape index (κ1) is 14.3. The summed E-state index contributed by atoms with van der Waals surface area (Å²) in [5.74, 6) is 0.600. The fraction of sp³-hybridized carbons (Fsp3) is 0.462. The second kappa shape index (κ2) is 5.92. The first-order valence-corrected chi connectivity index (χ1v) is 8.56. The fourth-order valence-corrected chi connectivity index (χ4v) is 2.77. The molecule has 1 N–H and O–H groups in total. The van der Waals surface area contributed by atoms with E-state index in [0.29, 0.717) is 18.9 Å². The molecule has 4 nitrogen and oxygen atoms in total. The van der Waals surface area contributed by atoms with E-state index in [4.69, 9.17) is 10.7 Å². The van der Waals surface area contributed by atoms with Crippen LogP contribution >= 0.6 is 10.7 Å². The van der Waals surface area contributed by atoms with Gasteiger partial charge >= 0.3 is 0 Å². The van der Waals surface area contributed by atoms with E-state index in [9.17, 15) is 13.2 Å². The molecular formula is C13H16ClNO3S. The molecular weight excluding hydrogens is 286 g/mol. The minimum absolute atomic E-state index is 0.0544. The van der Waals surface area contributed by atoms with Crippen LogP contribution in [0.4, 0.5) is 0 Å². The molecule has 0 aliphatic heterocycles. The number of halogens is 1. The molecule has 1 aromatic rings. The first-order valence-electron chi connectivity index (χ1n) is 6.25. The Morgan fingerprint density at radius 2 is 1.89 bits per heavy atom. The van der Waals surface area contributed by atoms with Crippen LogP contribution in [0.25, 0.3) is 0 Å². The normalized spacial score (nSPS) is 15.8. The maximum absolute atomic E-state index is 11.6. The maximum atomic E-state index is 11.6. The lowest BCUT2D eigenvalue weighted by molar-refractivity contribution is -0.122. The van der Waals surface area contributed by atoms with Crippen molar-refractivity contribution < 1.29 is 13.2 Å². The average molecular weight is 302 g/mol. The van der Waals surface area contributed by atoms with E-state index < -0.39 is 9.05 Å². The molecule has 1 aromatic carbocycles. The van der Waals surface area contributed by atoms with Gasteiger partial charge < -0.3 is 5.32 Å². The molecule has 0 atom stereocenters. The number of carbonyl (C=O) groups is 1. The van der Waals surface area contributed by atoms with Gasteiger partial charge in [0.2, 0.25) is 5.91 Å². The molecule has 0 aromatic heterocycles. The van der Waals surface area contributed by atoms with Crippen molar-refractivity contribution in [2.24, 2.45) is 5.92 Å². The van der Waals surface area contributed by atoms with Crippen molar-refractivity contribution in [3.8, 4) is 0 Å². The standard InChI is InChI=1S/C13H16ClNO3S/c14-19(17,18)12-6-4-11(5-7-12)9-15-13(16)8-10-2-1-3-10/h4-7,10H,1-3,8-9H2,(H,15,16). The molecule has 104 valence electrons. The fourth-order valence-electron chi connectivity index (χ4n) is 2.00. The minimum Gasteiger partial charge on any atom is -0.352 e. The Kier molecular flexibility index (Phi) is 4.47. The van der Waals surface area contributed by atoms with Crippen molar-refractivity contribution in [2.75, 3.05) is 0 Å². The van der Waals surface area contributed by atoms with Gasteiger partial charge in [-0.05, 0) is 36.5 Å². The van der Waals surface area contributed by atoms with Crippen LogP contribution in [0.2, 0.25) is 0 Å². The number of nitrogens with one attached hydrogen (secondary N) is 1. The van der Waals surface area contributed by atoms with Gasteiger partial charge in [-0.15, -0.1) is 0 Å². The van der Waals surface area contributed by atoms with Crippen LogP contribution in [0, 0.1) is 5.92 Å². The van der Waals surface area contributed by atoms with E-state index >= 15 is 0 Å². The summed E-state index contributed by atoms with van der Waals surface area (Å²) in [7, 11) is 1.54. The van der Waals surface area contributed by atoms with E-state index in [1.165, 1.54) is 18.6 Å². The molecule has 2 rings (SSSR count). The third kappa shape index (κ3) is 4.21. The van der Waals surface area contributed by atoms with Crippen molar-refractivity contribution in [2.45, 2.75) is 37.1 Å². The van der Waals surface area contributed by atoms with Gasteiger partial charge in [0.05, 0.1) is 4.90 Å². The predicted octanol–water partition coefficient (Wildman–Crippen LogP) is 2.42. The highest BCUT2D eigenvalue weighted by molar-refractivity contribution is 8.13. The molecule has 1 aliphatic rings. The molecule has 1 aliphatic carbocycles. The predicted molar refractivity (Wildman–Crippen MR) is 73.3 cm³/mol. The summed E-state index contributed by atoms with van der Waals surface area (Å²) >= 11 is 0. The van der Waals surface area contributed by atoms with E-state index in [1.54, 1.807) is 12.1 Å². The van der Waals surface area contributed by atoms with Crippen LogP contribution in [0.1, 0.15) is 31.2 Å². The van der Waals surface area contributed by atoms with Crippen LogP contribution in [-0.4, -0.2) is 14.3 Å². The Bertz CT molecular complexity index is 550. The molecule has 0 radical (unpaired) electrons. The van der Waals surface area contributed by atoms with E-state index in [1.807, 2.05) is 0 Å². The monoisotopic (exact) mass is 301 g/mol. The van der Waals surface area contributed by atoms with Gasteiger partial charge in [-0.1, -0.05) is 18.6 Å². The Hall–Kier alpha value is -1.07. The van der Waals surface area contributed by atoms with Crippen LogP contribution in [0.3, 0.4) is 0 Å². The van der Waals surface area contributed by atoms with E-state index in [0.717, 1.165) is 18.4 Å². The first-order chi connectivity index (χ1) is 8.95. The number of amides is 1. The largest absolute Gasteiger partial charge is 0.352 e. The highest BCUT2D eigenvalue weighted by atomic mass is 35.7. The number of hydrogen-bond acceptors (Lipinski definition) is 3. The van der Waals surface area contributed by atoms with Crippen molar-refractivity contribution in [3.63, 3.8) is 0 Å². The third-order valence-corrected chi connectivity index (χ3v) is 4.76. The van der Waals surface area contributed by atoms with Gasteiger partial charge in [0.15, 0.2) is 0 Å². The third-order valence-electron chi connectivity index (χ3n) is 3.39. The second-order valence-corrected chi connectivity index (χ2v) is 7.43. The summed E-state index contributed by atoms with van der Waals surface area (Å²) in [5.41, 5.74) is 0.853. The number of carbonyl (C=O) groups excluding carboxylic acids is 1. The van der Waals surface area contributed by atoms with Crippen molar-refractivity contribution in [3.05, 3.63) is 29.8 Å². The quantitative estimate of drug-likeness (QED) is 0.850. The lowest BCUT2D eigenvalue weighted by atomic mass is 9.83. The van der Waals surface area contributed by atoms with Gasteiger partial charge in [-0.3, -0.25) is 4.79 Å². The van der Waals surface area contributed by atoms with Gasteiger partial charge in [0.25, 0.3) is 9.05 Å². The summed E-state index contributed by atoms with van der Waals surface area (Å²) < 4.78 is 22.1. The topological polar surface area (TPSA) is 63.2 Å². The molecule has 19 heavy (non-hydrogen) atoms. The summed E-state index contributed by atoms with van der Waals surface area (Å²) in [5, 5.41) is 2.83. The van der Waals surface area contributed by atoms with E-state index in [2.05, 4.69) is 5.32 Å². The molecule has 1 amide bonds. The molecule has 0 heterocycles. The maximum Gasteiger partial charge on any atom is 0.261 e. The van der Waals surface area contributed by atoms with Gasteiger partial charge in [-0.2, -0.15) is 0 Å². The van der Waals surface area contributed by atoms with Gasteiger partial charge in [0.1, 0.15) is 0 Å². The smallest absolute Gasteiger partial charge is 0.261 e. The van der Waals surface area contributed by atoms with Crippen LogP contribution in [0.5, 0.6) is 0 Å². The van der Waals surface area contributed by atoms with Crippen LogP contribution in [0.15, 0.2) is 29.2 Å². The van der Waals surface area contributed by atoms with Crippen LogP contribution in [-0.2, 0) is 20.4 Å². The average Bonchev–Trinajstić information content (AvgIpc) is 2.31. The zero-order chi connectivity index (χ0) is 13.9. The zero-order valence-corrected chi connectivity index (χ0v) is 12.0. The molecule has 0 unspecified atom stereocenters. The van der Waals surface area contributed by atoms with Gasteiger partial charge in [-0.25, -0.2) is 8.42 Å². The molecule has 1 saturated carbocycles. The Morgan fingerprint density at radius 3 is 2.37 bits per heavy atom. The minimum atomic E-state index is -3.68. The Labute approximate surface area is 117 Å². The van der Waals surface area contributed by atoms with Crippen molar-refractivity contribution >= 4 is 25.6 Å². The summed E-state index contributed by atoms with van der Waals surface area (Å²) in [6, 6.07) is 6.18. The summed E-state index contributed by atoms with van der Waals surface area (Å²) in [4.78, 5) is 11.7. The lowest BCUT2D eigenvalue weighted by Gasteiger charge is -2.24. The molecule has 0 spiro atoms. The zero-order valence-electron chi connectivity index (χ0n) is 10.4. The number of benzene rings is 1. The van der Waals surface area contributed by atoms with E-state index in [-0.39, 0.29) is 10.8 Å². The van der Waals surface area contributed by atoms with Gasteiger partial charge in [0, 0.05) is 23.6 Å². The molecule has 0 bridgehead atoms. The SMILES string of the molecule is O=C(CC1CCC1)NCc1ccc(S(=O)(=O)Cl)cc1. The number of hydrogen-bond donors (Lipinski definition) is 1. The number of rotatable bonds is 5. The molecule has 1 fully saturated rings. The van der Waals surface area contributed by atoms with Crippen LogP contribution < -0.4 is 5.32 Å². The summed E-state index contributed by atoms with van der Waals surface area (Å²) in [6.45, 7) is 0.411. The van der Waals surface area contributed by atoms with Crippen molar-refractivity contribution in [1.29, 1.82) is 0 Å². The summed E-state index contributed by atoms with van der Waals surface area (Å²) in [6.07, 6.45) is 4.12. The van der Waals surface area contributed by atoms with Crippen molar-refractivity contribution in [1.82, 2.24) is 5.32 Å². The molecule has 6 heteroatoms. The Morgan fingerprint density at radius 1 is 1.26 bits per heavy atom. The lowest BCUT2D eigenvalue weighted by Crippen LogP contribution is -2.27.